The van der Waals surface area contributed by atoms with Crippen molar-refractivity contribution in [1.29, 1.82) is 0 Å². The molecule has 0 saturated heterocycles. The molecule has 1 N–H and O–H groups in total. The van der Waals surface area contributed by atoms with Crippen LogP contribution in [0.1, 0.15) is 17.0 Å². The minimum absolute atomic E-state index is 0.0195. The molecule has 86 valence electrons. The predicted molar refractivity (Wildman–Crippen MR) is 70.7 cm³/mol. The lowest BCUT2D eigenvalue weighted by atomic mass is 9.93. The quantitative estimate of drug-likeness (QED) is 0.897. The third-order valence-electron chi connectivity index (χ3n) is 3.18. The third kappa shape index (κ3) is 1.98. The van der Waals surface area contributed by atoms with Crippen LogP contribution in [0.2, 0.25) is 0 Å². The fraction of sp³-hybridized carbons (Fsp3) is 0.214. The van der Waals surface area contributed by atoms with Crippen LogP contribution in [0.5, 0.6) is 0 Å². The van der Waals surface area contributed by atoms with Gasteiger partial charge in [0.05, 0.1) is 5.92 Å². The van der Waals surface area contributed by atoms with Crippen molar-refractivity contribution in [2.45, 2.75) is 12.3 Å². The fourth-order valence-corrected chi connectivity index (χ4v) is 2.96. The van der Waals surface area contributed by atoms with E-state index in [9.17, 15) is 4.79 Å². The molecule has 1 aliphatic heterocycles. The Balaban J connectivity index is 1.80. The molecule has 0 amide bonds. The van der Waals surface area contributed by atoms with Crippen molar-refractivity contribution in [2.24, 2.45) is 0 Å². The first-order chi connectivity index (χ1) is 8.34. The van der Waals surface area contributed by atoms with Gasteiger partial charge in [0.25, 0.3) is 0 Å². The summed E-state index contributed by atoms with van der Waals surface area (Å²) in [5.74, 6) is 0.326. The number of hydrogen-bond donors (Lipinski definition) is 1. The number of thiophene rings is 1. The zero-order chi connectivity index (χ0) is 11.7. The Bertz CT molecular complexity index is 533. The summed E-state index contributed by atoms with van der Waals surface area (Å²) in [4.78, 5) is 12.2. The monoisotopic (exact) mass is 243 g/mol. The molecule has 1 aliphatic rings. The van der Waals surface area contributed by atoms with E-state index >= 15 is 0 Å². The third-order valence-corrected chi connectivity index (χ3v) is 3.91. The molecule has 2 nitrogen and oxygen atoms in total. The first-order valence-corrected chi connectivity index (χ1v) is 6.65. The van der Waals surface area contributed by atoms with E-state index in [1.807, 2.05) is 41.1 Å². The molecule has 0 fully saturated rings. The lowest BCUT2D eigenvalue weighted by Crippen LogP contribution is -2.16. The Morgan fingerprint density at radius 1 is 1.35 bits per heavy atom. The summed E-state index contributed by atoms with van der Waals surface area (Å²) in [6.07, 6.45) is 0.546. The maximum Gasteiger partial charge on any atom is 0.146 e. The van der Waals surface area contributed by atoms with Crippen LogP contribution in [0, 0.1) is 0 Å². The molecule has 1 atom stereocenters. The van der Waals surface area contributed by atoms with Gasteiger partial charge in [0.15, 0.2) is 0 Å². The van der Waals surface area contributed by atoms with E-state index in [0.29, 0.717) is 12.2 Å². The summed E-state index contributed by atoms with van der Waals surface area (Å²) in [6, 6.07) is 10.1. The van der Waals surface area contributed by atoms with Gasteiger partial charge in [-0.05, 0) is 34.0 Å². The van der Waals surface area contributed by atoms with Crippen LogP contribution in [0.3, 0.4) is 0 Å². The van der Waals surface area contributed by atoms with Crippen molar-refractivity contribution in [3.05, 3.63) is 52.2 Å². The highest BCUT2D eigenvalue weighted by Crippen LogP contribution is 2.32. The number of hydrogen-bond acceptors (Lipinski definition) is 3. The van der Waals surface area contributed by atoms with Crippen molar-refractivity contribution in [2.75, 3.05) is 11.9 Å². The highest BCUT2D eigenvalue weighted by atomic mass is 32.1. The van der Waals surface area contributed by atoms with Gasteiger partial charge in [-0.2, -0.15) is 11.3 Å². The molecule has 17 heavy (non-hydrogen) atoms. The Labute approximate surface area is 104 Å². The van der Waals surface area contributed by atoms with Crippen LogP contribution < -0.4 is 5.32 Å². The van der Waals surface area contributed by atoms with Gasteiger partial charge in [-0.15, -0.1) is 0 Å². The first kappa shape index (κ1) is 10.5. The molecule has 0 bridgehead atoms. The minimum atomic E-state index is 0.0195. The van der Waals surface area contributed by atoms with Crippen molar-refractivity contribution in [3.8, 4) is 0 Å². The molecule has 3 heteroatoms. The maximum atomic E-state index is 12.2. The van der Waals surface area contributed by atoms with Gasteiger partial charge in [0.1, 0.15) is 5.78 Å². The number of fused-ring (bicyclic) bond motifs is 1. The Morgan fingerprint density at radius 2 is 2.24 bits per heavy atom. The van der Waals surface area contributed by atoms with E-state index in [2.05, 4.69) is 5.32 Å². The number of ketones is 1. The maximum absolute atomic E-state index is 12.2. The molecule has 2 heterocycles. The molecule has 3 rings (SSSR count). The second-order valence-corrected chi connectivity index (χ2v) is 5.08. The summed E-state index contributed by atoms with van der Waals surface area (Å²) in [6.45, 7) is 0.738. The van der Waals surface area contributed by atoms with E-state index in [1.54, 1.807) is 11.3 Å². The number of para-hydroxylation sites is 1. The highest BCUT2D eigenvalue weighted by Gasteiger charge is 2.27. The summed E-state index contributed by atoms with van der Waals surface area (Å²) in [7, 11) is 0. The minimum Gasteiger partial charge on any atom is -0.384 e. The number of rotatable bonds is 3. The summed E-state index contributed by atoms with van der Waals surface area (Å²) in [5.41, 5.74) is 3.38. The molecule has 0 saturated carbocycles. The van der Waals surface area contributed by atoms with Crippen LogP contribution in [-0.2, 0) is 11.2 Å². The van der Waals surface area contributed by atoms with E-state index < -0.39 is 0 Å². The fourth-order valence-electron chi connectivity index (χ4n) is 2.29. The van der Waals surface area contributed by atoms with E-state index in [-0.39, 0.29) is 5.92 Å². The molecule has 1 aromatic heterocycles. The molecular formula is C14H13NOS. The van der Waals surface area contributed by atoms with Gasteiger partial charge in [-0.3, -0.25) is 4.79 Å². The SMILES string of the molecule is O=C(Cc1ccsc1)C1CNc2ccccc21. The highest BCUT2D eigenvalue weighted by molar-refractivity contribution is 7.08. The molecule has 2 aromatic rings. The molecular weight excluding hydrogens is 230 g/mol. The number of carbonyl (C=O) groups is 1. The molecule has 1 aromatic carbocycles. The van der Waals surface area contributed by atoms with Gasteiger partial charge >= 0.3 is 0 Å². The van der Waals surface area contributed by atoms with Crippen LogP contribution in [0.15, 0.2) is 41.1 Å². The summed E-state index contributed by atoms with van der Waals surface area (Å²) >= 11 is 1.64. The van der Waals surface area contributed by atoms with Gasteiger partial charge < -0.3 is 5.32 Å². The predicted octanol–water partition coefficient (Wildman–Crippen LogP) is 3.07. The average Bonchev–Trinajstić information content (AvgIpc) is 2.96. The normalized spacial score (nSPS) is 17.5. The Morgan fingerprint density at radius 3 is 3.06 bits per heavy atom. The first-order valence-electron chi connectivity index (χ1n) is 5.71. The largest absolute Gasteiger partial charge is 0.384 e. The number of benzene rings is 1. The zero-order valence-corrected chi connectivity index (χ0v) is 10.2. The summed E-state index contributed by atoms with van der Waals surface area (Å²) in [5, 5.41) is 7.36. The van der Waals surface area contributed by atoms with Gasteiger partial charge in [-0.1, -0.05) is 18.2 Å². The van der Waals surface area contributed by atoms with E-state index in [4.69, 9.17) is 0 Å². The number of carbonyl (C=O) groups excluding carboxylic acids is 1. The lowest BCUT2D eigenvalue weighted by Gasteiger charge is -2.08. The Hall–Kier alpha value is -1.61. The summed E-state index contributed by atoms with van der Waals surface area (Å²) < 4.78 is 0. The second kappa shape index (κ2) is 4.34. The molecule has 0 aliphatic carbocycles. The molecule has 0 spiro atoms. The topological polar surface area (TPSA) is 29.1 Å². The number of nitrogens with one attached hydrogen (secondary N) is 1. The van der Waals surface area contributed by atoms with Crippen LogP contribution >= 0.6 is 11.3 Å². The lowest BCUT2D eigenvalue weighted by molar-refractivity contribution is -0.119. The smallest absolute Gasteiger partial charge is 0.146 e. The number of Topliss-reactive ketones (excluding diaryl/α,β-unsaturated/α-hetero) is 1. The number of anilines is 1. The van der Waals surface area contributed by atoms with Crippen LogP contribution in [-0.4, -0.2) is 12.3 Å². The second-order valence-electron chi connectivity index (χ2n) is 4.30. The van der Waals surface area contributed by atoms with Crippen molar-refractivity contribution in [1.82, 2.24) is 0 Å². The zero-order valence-electron chi connectivity index (χ0n) is 9.35. The average molecular weight is 243 g/mol. The van der Waals surface area contributed by atoms with Crippen molar-refractivity contribution < 1.29 is 4.79 Å². The van der Waals surface area contributed by atoms with Gasteiger partial charge in [-0.25, -0.2) is 0 Å². The van der Waals surface area contributed by atoms with Crippen LogP contribution in [0.25, 0.3) is 0 Å². The molecule has 0 radical (unpaired) electrons. The van der Waals surface area contributed by atoms with Crippen LogP contribution in [0.4, 0.5) is 5.69 Å². The van der Waals surface area contributed by atoms with E-state index in [0.717, 1.165) is 23.4 Å². The van der Waals surface area contributed by atoms with Crippen molar-refractivity contribution >= 4 is 22.8 Å². The molecule has 1 unspecified atom stereocenters. The van der Waals surface area contributed by atoms with Gasteiger partial charge in [0.2, 0.25) is 0 Å². The van der Waals surface area contributed by atoms with Gasteiger partial charge in [0, 0.05) is 18.7 Å². The Kier molecular flexibility index (Phi) is 2.69. The standard InChI is InChI=1S/C14H13NOS/c16-14(7-10-5-6-17-9-10)12-8-15-13-4-2-1-3-11(12)13/h1-6,9,12,15H,7-8H2. The van der Waals surface area contributed by atoms with Crippen molar-refractivity contribution in [3.63, 3.8) is 0 Å². The van der Waals surface area contributed by atoms with E-state index in [1.165, 1.54) is 0 Å².